The van der Waals surface area contributed by atoms with Gasteiger partial charge in [0.1, 0.15) is 0 Å². The fraction of sp³-hybridized carbons (Fsp3) is 1.00. The predicted octanol–water partition coefficient (Wildman–Crippen LogP) is 0.614. The van der Waals surface area contributed by atoms with E-state index in [1.54, 1.807) is 0 Å². The molecule has 6 nitrogen and oxygen atoms in total. The Hall–Kier alpha value is -1.27. The van der Waals surface area contributed by atoms with Crippen LogP contribution in [0.4, 0.5) is 4.39 Å². The Morgan fingerprint density at radius 3 is 1.55 bits per heavy atom. The van der Waals surface area contributed by atoms with Crippen LogP contribution in [0.25, 0.3) is 0 Å². The van der Waals surface area contributed by atoms with Crippen LogP contribution in [0, 0.1) is 20.2 Å². The van der Waals surface area contributed by atoms with E-state index in [4.69, 9.17) is 0 Å². The van der Waals surface area contributed by atoms with Crippen molar-refractivity contribution < 1.29 is 14.2 Å². The summed E-state index contributed by atoms with van der Waals surface area (Å²) in [5.74, 6) is 0. The standard InChI is InChI=1S/C4H7FN2O4/c1-4(2,5)3(6(8)9)7(10)11/h3H,1-2H3. The molecule has 0 aliphatic carbocycles. The van der Waals surface area contributed by atoms with Crippen LogP contribution in [0.5, 0.6) is 0 Å². The number of hydrogen-bond donors (Lipinski definition) is 0. The third-order valence-corrected chi connectivity index (χ3v) is 1.01. The van der Waals surface area contributed by atoms with Gasteiger partial charge in [-0.15, -0.1) is 0 Å². The van der Waals surface area contributed by atoms with Crippen molar-refractivity contribution in [2.24, 2.45) is 0 Å². The normalized spacial score (nSPS) is 11.6. The van der Waals surface area contributed by atoms with E-state index in [0.717, 1.165) is 13.8 Å². The molecule has 0 unspecified atom stereocenters. The van der Waals surface area contributed by atoms with E-state index in [-0.39, 0.29) is 0 Å². The second kappa shape index (κ2) is 2.77. The minimum absolute atomic E-state index is 0.795. The Morgan fingerprint density at radius 1 is 1.27 bits per heavy atom. The number of hydrogen-bond acceptors (Lipinski definition) is 4. The van der Waals surface area contributed by atoms with Gasteiger partial charge in [0.2, 0.25) is 5.67 Å². The van der Waals surface area contributed by atoms with Gasteiger partial charge in [0.15, 0.2) is 0 Å². The van der Waals surface area contributed by atoms with E-state index in [1.807, 2.05) is 0 Å². The minimum Gasteiger partial charge on any atom is -0.258 e. The van der Waals surface area contributed by atoms with E-state index < -0.39 is 21.7 Å². The van der Waals surface area contributed by atoms with Crippen molar-refractivity contribution in [1.82, 2.24) is 0 Å². The highest BCUT2D eigenvalue weighted by Crippen LogP contribution is 2.17. The lowest BCUT2D eigenvalue weighted by Crippen LogP contribution is -2.44. The summed E-state index contributed by atoms with van der Waals surface area (Å²) in [4.78, 5) is 17.3. The van der Waals surface area contributed by atoms with Crippen LogP contribution in [-0.2, 0) is 0 Å². The predicted molar refractivity (Wildman–Crippen MR) is 33.0 cm³/mol. The molecule has 64 valence electrons. The average Bonchev–Trinajstić information content (AvgIpc) is 1.54. The molecule has 7 heteroatoms. The highest BCUT2D eigenvalue weighted by Gasteiger charge is 2.49. The minimum atomic E-state index is -2.44. The third kappa shape index (κ3) is 2.44. The number of rotatable bonds is 3. The molecular weight excluding hydrogens is 159 g/mol. The molecule has 0 radical (unpaired) electrons. The Morgan fingerprint density at radius 2 is 1.55 bits per heavy atom. The molecule has 0 aromatic rings. The molecule has 0 aromatic heterocycles. The molecule has 0 N–H and O–H groups in total. The molecule has 0 aromatic carbocycles. The number of nitrogens with zero attached hydrogens (tertiary/aromatic N) is 2. The first-order valence-corrected chi connectivity index (χ1v) is 2.72. The maximum atomic E-state index is 12.7. The monoisotopic (exact) mass is 166 g/mol. The maximum Gasteiger partial charge on any atom is 0.482 e. The van der Waals surface area contributed by atoms with Gasteiger partial charge in [-0.25, -0.2) is 4.39 Å². The molecule has 0 saturated carbocycles. The first-order chi connectivity index (χ1) is 4.76. The van der Waals surface area contributed by atoms with Crippen LogP contribution in [-0.4, -0.2) is 21.7 Å². The summed E-state index contributed by atoms with van der Waals surface area (Å²) in [6.45, 7) is 1.59. The van der Waals surface area contributed by atoms with Crippen molar-refractivity contribution in [3.05, 3.63) is 20.2 Å². The van der Waals surface area contributed by atoms with E-state index in [0.29, 0.717) is 0 Å². The van der Waals surface area contributed by atoms with E-state index in [1.165, 1.54) is 0 Å². The summed E-state index contributed by atoms with van der Waals surface area (Å²) in [6.07, 6.45) is -2.39. The number of nitro groups is 2. The number of halogens is 1. The summed E-state index contributed by atoms with van der Waals surface area (Å²) < 4.78 is 12.7. The highest BCUT2D eigenvalue weighted by molar-refractivity contribution is 4.68. The molecule has 0 rings (SSSR count). The van der Waals surface area contributed by atoms with Crippen LogP contribution < -0.4 is 0 Å². The van der Waals surface area contributed by atoms with Gasteiger partial charge in [-0.3, -0.25) is 20.2 Å². The van der Waals surface area contributed by atoms with Crippen molar-refractivity contribution >= 4 is 0 Å². The van der Waals surface area contributed by atoms with Gasteiger partial charge in [-0.05, 0) is 13.8 Å². The molecular formula is C4H7FN2O4. The molecule has 0 amide bonds. The molecule has 0 saturated heterocycles. The van der Waals surface area contributed by atoms with Gasteiger partial charge < -0.3 is 0 Å². The van der Waals surface area contributed by atoms with Crippen LogP contribution in [0.2, 0.25) is 0 Å². The second-order valence-electron chi connectivity index (χ2n) is 2.51. The number of alkyl halides is 1. The van der Waals surface area contributed by atoms with E-state index in [9.17, 15) is 24.6 Å². The van der Waals surface area contributed by atoms with Gasteiger partial charge in [0.05, 0.1) is 9.85 Å². The Kier molecular flexibility index (Phi) is 2.45. The van der Waals surface area contributed by atoms with Crippen LogP contribution in [0.1, 0.15) is 13.8 Å². The molecule has 0 aliphatic heterocycles. The van der Waals surface area contributed by atoms with Gasteiger partial charge in [-0.1, -0.05) is 0 Å². The molecule has 0 heterocycles. The highest BCUT2D eigenvalue weighted by atomic mass is 19.1. The molecule has 0 atom stereocenters. The van der Waals surface area contributed by atoms with Gasteiger partial charge in [0, 0.05) is 0 Å². The van der Waals surface area contributed by atoms with E-state index in [2.05, 4.69) is 0 Å². The lowest BCUT2D eigenvalue weighted by molar-refractivity contribution is -0.756. The van der Waals surface area contributed by atoms with Crippen molar-refractivity contribution in [1.29, 1.82) is 0 Å². The summed E-state index contributed by atoms with van der Waals surface area (Å²) in [5, 5.41) is 19.8. The topological polar surface area (TPSA) is 86.3 Å². The lowest BCUT2D eigenvalue weighted by atomic mass is 10.1. The largest absolute Gasteiger partial charge is 0.482 e. The zero-order chi connectivity index (χ0) is 9.23. The smallest absolute Gasteiger partial charge is 0.258 e. The molecule has 11 heavy (non-hydrogen) atoms. The molecule has 0 fully saturated rings. The van der Waals surface area contributed by atoms with Crippen molar-refractivity contribution in [2.75, 3.05) is 0 Å². The average molecular weight is 166 g/mol. The third-order valence-electron chi connectivity index (χ3n) is 1.01. The van der Waals surface area contributed by atoms with Crippen LogP contribution >= 0.6 is 0 Å². The van der Waals surface area contributed by atoms with E-state index >= 15 is 0 Å². The summed E-state index contributed by atoms with van der Waals surface area (Å²) in [5.41, 5.74) is -2.44. The Labute approximate surface area is 61.3 Å². The summed E-state index contributed by atoms with van der Waals surface area (Å²) in [6, 6.07) is 0. The SMILES string of the molecule is CC(C)(F)C([N+](=O)[O-])[N+](=O)[O-]. The van der Waals surface area contributed by atoms with Gasteiger partial charge >= 0.3 is 6.17 Å². The Balaban J connectivity index is 4.63. The zero-order valence-corrected chi connectivity index (χ0v) is 5.98. The van der Waals surface area contributed by atoms with Crippen molar-refractivity contribution in [3.8, 4) is 0 Å². The second-order valence-corrected chi connectivity index (χ2v) is 2.51. The van der Waals surface area contributed by atoms with Crippen LogP contribution in [0.3, 0.4) is 0 Å². The van der Waals surface area contributed by atoms with Crippen molar-refractivity contribution in [3.63, 3.8) is 0 Å². The molecule has 0 spiro atoms. The summed E-state index contributed by atoms with van der Waals surface area (Å²) >= 11 is 0. The van der Waals surface area contributed by atoms with Crippen LogP contribution in [0.15, 0.2) is 0 Å². The maximum absolute atomic E-state index is 12.7. The fourth-order valence-electron chi connectivity index (χ4n) is 0.578. The summed E-state index contributed by atoms with van der Waals surface area (Å²) in [7, 11) is 0. The Bertz CT molecular complexity index is 173. The first kappa shape index (κ1) is 9.73. The molecule has 0 bridgehead atoms. The fourth-order valence-corrected chi connectivity index (χ4v) is 0.578. The molecule has 0 aliphatic rings. The van der Waals surface area contributed by atoms with Gasteiger partial charge in [0.25, 0.3) is 0 Å². The quantitative estimate of drug-likeness (QED) is 0.349. The van der Waals surface area contributed by atoms with Gasteiger partial charge in [-0.2, -0.15) is 0 Å². The van der Waals surface area contributed by atoms with Crippen molar-refractivity contribution in [2.45, 2.75) is 25.7 Å². The zero-order valence-electron chi connectivity index (χ0n) is 5.98. The first-order valence-electron chi connectivity index (χ1n) is 2.72. The lowest BCUT2D eigenvalue weighted by Gasteiger charge is -2.11.